The fourth-order valence-electron chi connectivity index (χ4n) is 2.03. The third kappa shape index (κ3) is 5.23. The SMILES string of the molecule is CCN(CC)CC#CC[C]1CCCCC1. The maximum absolute atomic E-state index is 3.33. The van der Waals surface area contributed by atoms with E-state index < -0.39 is 0 Å². The molecule has 1 saturated carbocycles. The Morgan fingerprint density at radius 2 is 1.67 bits per heavy atom. The van der Waals surface area contributed by atoms with Gasteiger partial charge in [-0.3, -0.25) is 4.90 Å². The van der Waals surface area contributed by atoms with Gasteiger partial charge >= 0.3 is 0 Å². The van der Waals surface area contributed by atoms with Crippen LogP contribution in [-0.4, -0.2) is 24.5 Å². The van der Waals surface area contributed by atoms with Crippen molar-refractivity contribution in [1.82, 2.24) is 4.90 Å². The van der Waals surface area contributed by atoms with Crippen molar-refractivity contribution in [2.45, 2.75) is 52.4 Å². The maximum atomic E-state index is 3.33. The van der Waals surface area contributed by atoms with E-state index in [4.69, 9.17) is 0 Å². The minimum atomic E-state index is 0.945. The van der Waals surface area contributed by atoms with E-state index in [1.807, 2.05) is 0 Å². The molecule has 1 rings (SSSR count). The van der Waals surface area contributed by atoms with Crippen LogP contribution in [0, 0.1) is 17.8 Å². The second-order valence-corrected chi connectivity index (χ2v) is 4.30. The maximum Gasteiger partial charge on any atom is 0.0601 e. The Labute approximate surface area is 95.2 Å². The molecular weight excluding hydrogens is 182 g/mol. The van der Waals surface area contributed by atoms with Crippen LogP contribution in [0.15, 0.2) is 0 Å². The van der Waals surface area contributed by atoms with Crippen molar-refractivity contribution in [3.8, 4) is 11.8 Å². The third-order valence-electron chi connectivity index (χ3n) is 3.22. The van der Waals surface area contributed by atoms with Gasteiger partial charge in [-0.25, -0.2) is 0 Å². The zero-order chi connectivity index (χ0) is 10.9. The third-order valence-corrected chi connectivity index (χ3v) is 3.22. The Hall–Kier alpha value is -0.480. The van der Waals surface area contributed by atoms with Crippen molar-refractivity contribution >= 4 is 0 Å². The molecule has 0 aromatic rings. The van der Waals surface area contributed by atoms with Crippen LogP contribution in [0.3, 0.4) is 0 Å². The Bertz CT molecular complexity index is 201. The Balaban J connectivity index is 2.14. The van der Waals surface area contributed by atoms with Crippen LogP contribution in [0.5, 0.6) is 0 Å². The quantitative estimate of drug-likeness (QED) is 0.638. The Morgan fingerprint density at radius 1 is 1.00 bits per heavy atom. The first kappa shape index (κ1) is 12.6. The average molecular weight is 206 g/mol. The largest absolute Gasteiger partial charge is 0.293 e. The van der Waals surface area contributed by atoms with Crippen LogP contribution < -0.4 is 0 Å². The molecule has 85 valence electrons. The summed E-state index contributed by atoms with van der Waals surface area (Å²) in [4.78, 5) is 2.36. The van der Waals surface area contributed by atoms with Gasteiger partial charge in [0.05, 0.1) is 6.54 Å². The van der Waals surface area contributed by atoms with Crippen LogP contribution in [0.25, 0.3) is 0 Å². The molecule has 0 aliphatic heterocycles. The minimum absolute atomic E-state index is 0.945. The monoisotopic (exact) mass is 206 g/mol. The van der Waals surface area contributed by atoms with Gasteiger partial charge < -0.3 is 0 Å². The first-order valence-electron chi connectivity index (χ1n) is 6.38. The Morgan fingerprint density at radius 3 is 2.27 bits per heavy atom. The predicted octanol–water partition coefficient (Wildman–Crippen LogP) is 3.26. The smallest absolute Gasteiger partial charge is 0.0601 e. The lowest BCUT2D eigenvalue weighted by molar-refractivity contribution is 0.342. The Kier molecular flexibility index (Phi) is 6.52. The van der Waals surface area contributed by atoms with Crippen LogP contribution in [0.2, 0.25) is 0 Å². The van der Waals surface area contributed by atoms with Gasteiger partial charge in [-0.15, -0.1) is 5.92 Å². The van der Waals surface area contributed by atoms with Crippen LogP contribution in [0.4, 0.5) is 0 Å². The number of nitrogens with zero attached hydrogens (tertiary/aromatic N) is 1. The van der Waals surface area contributed by atoms with Gasteiger partial charge in [0.25, 0.3) is 0 Å². The fourth-order valence-corrected chi connectivity index (χ4v) is 2.03. The molecule has 0 aromatic heterocycles. The second kappa shape index (κ2) is 7.77. The van der Waals surface area contributed by atoms with Gasteiger partial charge in [0, 0.05) is 6.42 Å². The van der Waals surface area contributed by atoms with Crippen molar-refractivity contribution in [2.75, 3.05) is 19.6 Å². The lowest BCUT2D eigenvalue weighted by atomic mass is 9.87. The first-order valence-corrected chi connectivity index (χ1v) is 6.38. The summed E-state index contributed by atoms with van der Waals surface area (Å²) in [6, 6.07) is 0. The van der Waals surface area contributed by atoms with Crippen LogP contribution in [0.1, 0.15) is 52.4 Å². The van der Waals surface area contributed by atoms with E-state index in [2.05, 4.69) is 30.6 Å². The molecule has 0 heterocycles. The van der Waals surface area contributed by atoms with E-state index in [-0.39, 0.29) is 0 Å². The highest BCUT2D eigenvalue weighted by atomic mass is 15.1. The lowest BCUT2D eigenvalue weighted by Crippen LogP contribution is -2.22. The number of rotatable bonds is 4. The van der Waals surface area contributed by atoms with Gasteiger partial charge in [0.15, 0.2) is 0 Å². The van der Waals surface area contributed by atoms with Gasteiger partial charge in [0.1, 0.15) is 0 Å². The van der Waals surface area contributed by atoms with E-state index in [0.29, 0.717) is 0 Å². The average Bonchev–Trinajstić information content (AvgIpc) is 2.31. The van der Waals surface area contributed by atoms with E-state index in [9.17, 15) is 0 Å². The summed E-state index contributed by atoms with van der Waals surface area (Å²) >= 11 is 0. The van der Waals surface area contributed by atoms with Crippen molar-refractivity contribution in [1.29, 1.82) is 0 Å². The summed E-state index contributed by atoms with van der Waals surface area (Å²) in [6.45, 7) is 7.56. The molecule has 0 bridgehead atoms. The number of hydrogen-bond acceptors (Lipinski definition) is 1. The van der Waals surface area contributed by atoms with E-state index in [0.717, 1.165) is 26.1 Å². The summed E-state index contributed by atoms with van der Waals surface area (Å²) in [6.07, 6.45) is 7.94. The molecule has 1 aliphatic carbocycles. The molecule has 1 aliphatic rings. The lowest BCUT2D eigenvalue weighted by Gasteiger charge is -2.18. The molecule has 0 amide bonds. The van der Waals surface area contributed by atoms with Crippen LogP contribution >= 0.6 is 0 Å². The van der Waals surface area contributed by atoms with E-state index in [1.54, 1.807) is 5.92 Å². The molecular formula is C14H24N. The zero-order valence-corrected chi connectivity index (χ0v) is 10.3. The second-order valence-electron chi connectivity index (χ2n) is 4.30. The summed E-state index contributed by atoms with van der Waals surface area (Å²) in [5, 5.41) is 0. The molecule has 0 aromatic carbocycles. The minimum Gasteiger partial charge on any atom is -0.293 e. The van der Waals surface area contributed by atoms with Gasteiger partial charge in [-0.05, 0) is 31.8 Å². The summed E-state index contributed by atoms with van der Waals surface area (Å²) in [5.41, 5.74) is 0. The highest BCUT2D eigenvalue weighted by Gasteiger charge is 2.11. The molecule has 0 atom stereocenters. The highest BCUT2D eigenvalue weighted by molar-refractivity contribution is 5.09. The molecule has 0 saturated heterocycles. The van der Waals surface area contributed by atoms with Gasteiger partial charge in [-0.2, -0.15) is 0 Å². The molecule has 15 heavy (non-hydrogen) atoms. The van der Waals surface area contributed by atoms with Gasteiger partial charge in [-0.1, -0.05) is 39.0 Å². The molecule has 1 nitrogen and oxygen atoms in total. The van der Waals surface area contributed by atoms with Crippen molar-refractivity contribution in [2.24, 2.45) is 0 Å². The predicted molar refractivity (Wildman–Crippen MR) is 66.5 cm³/mol. The molecule has 1 radical (unpaired) electrons. The normalized spacial score (nSPS) is 17.5. The topological polar surface area (TPSA) is 3.24 Å². The molecule has 0 N–H and O–H groups in total. The van der Waals surface area contributed by atoms with Crippen LogP contribution in [-0.2, 0) is 0 Å². The first-order chi connectivity index (χ1) is 7.36. The van der Waals surface area contributed by atoms with E-state index >= 15 is 0 Å². The molecule has 0 unspecified atom stereocenters. The number of hydrogen-bond donors (Lipinski definition) is 0. The highest BCUT2D eigenvalue weighted by Crippen LogP contribution is 2.27. The van der Waals surface area contributed by atoms with Crippen molar-refractivity contribution in [3.05, 3.63) is 5.92 Å². The standard InChI is InChI=1S/C14H24N/c1-3-15(4-2)13-9-8-12-14-10-6-5-7-11-14/h3-7,10-13H2,1-2H3. The fraction of sp³-hybridized carbons (Fsp3) is 0.786. The summed E-state index contributed by atoms with van der Waals surface area (Å²) < 4.78 is 0. The molecule has 1 heteroatoms. The van der Waals surface area contributed by atoms with E-state index in [1.165, 1.54) is 32.1 Å². The summed E-state index contributed by atoms with van der Waals surface area (Å²) in [5.74, 6) is 8.30. The van der Waals surface area contributed by atoms with Gasteiger partial charge in [0.2, 0.25) is 0 Å². The molecule has 1 fully saturated rings. The zero-order valence-electron chi connectivity index (χ0n) is 10.3. The summed E-state index contributed by atoms with van der Waals surface area (Å²) in [7, 11) is 0. The van der Waals surface area contributed by atoms with Crippen molar-refractivity contribution in [3.63, 3.8) is 0 Å². The van der Waals surface area contributed by atoms with Crippen molar-refractivity contribution < 1.29 is 0 Å². The molecule has 0 spiro atoms.